The molecule has 6 rings (SSSR count). The number of ether oxygens (including phenoxy) is 6. The summed E-state index contributed by atoms with van der Waals surface area (Å²) in [6.45, 7) is 10.4. The molecule has 296 valence electrons. The Bertz CT molecular complexity index is 2110. The minimum absolute atomic E-state index is 0.0353. The Morgan fingerprint density at radius 2 is 1.27 bits per heavy atom. The summed E-state index contributed by atoms with van der Waals surface area (Å²) in [7, 11) is 6.25. The first-order chi connectivity index (χ1) is 26.8. The molecule has 4 aromatic carbocycles. The van der Waals surface area contributed by atoms with Crippen LogP contribution < -0.4 is 44.1 Å². The lowest BCUT2D eigenvalue weighted by molar-refractivity contribution is -0.146. The molecule has 0 unspecified atom stereocenters. The van der Waals surface area contributed by atoms with E-state index in [0.29, 0.717) is 51.2 Å². The number of rotatable bonds is 12. The molecule has 2 amide bonds. The van der Waals surface area contributed by atoms with Gasteiger partial charge in [-0.1, -0.05) is 81.4 Å². The van der Waals surface area contributed by atoms with Crippen molar-refractivity contribution in [2.24, 2.45) is 0 Å². The minimum Gasteiger partial charge on any atom is -0.496 e. The van der Waals surface area contributed by atoms with Crippen molar-refractivity contribution in [1.29, 1.82) is 0 Å². The maximum Gasteiger partial charge on any atom is 0.271 e. The first kappa shape index (κ1) is 40.2. The molecule has 0 aromatic heterocycles. The van der Waals surface area contributed by atoms with Crippen molar-refractivity contribution >= 4 is 36.6 Å². The van der Waals surface area contributed by atoms with Crippen LogP contribution in [-0.2, 0) is 20.4 Å². The van der Waals surface area contributed by atoms with Gasteiger partial charge >= 0.3 is 0 Å². The molecule has 12 heteroatoms. The van der Waals surface area contributed by atoms with Crippen molar-refractivity contribution in [2.45, 2.75) is 58.2 Å². The van der Waals surface area contributed by atoms with Gasteiger partial charge in [-0.15, -0.1) is 0 Å². The second-order valence-corrected chi connectivity index (χ2v) is 19.3. The van der Waals surface area contributed by atoms with Gasteiger partial charge in [0.1, 0.15) is 23.2 Å². The molecule has 56 heavy (non-hydrogen) atoms. The van der Waals surface area contributed by atoms with Crippen molar-refractivity contribution in [1.82, 2.24) is 10.2 Å². The van der Waals surface area contributed by atoms with Crippen LogP contribution in [-0.4, -0.2) is 80.3 Å². The number of hydrogen-bond acceptors (Lipinski definition) is 9. The number of nitrogens with zero attached hydrogens (tertiary/aromatic N) is 1. The lowest BCUT2D eigenvalue weighted by Crippen LogP contribution is -2.68. The number of amides is 2. The van der Waals surface area contributed by atoms with Crippen LogP contribution in [0.25, 0.3) is 6.08 Å². The molecule has 2 heterocycles. The van der Waals surface area contributed by atoms with Crippen LogP contribution in [0, 0.1) is 13.8 Å². The predicted octanol–water partition coefficient (Wildman–Crippen LogP) is 5.90. The first-order valence-electron chi connectivity index (χ1n) is 18.5. The molecule has 2 aliphatic heterocycles. The van der Waals surface area contributed by atoms with Crippen molar-refractivity contribution in [3.8, 4) is 34.5 Å². The molecule has 2 aliphatic rings. The third-order valence-corrected chi connectivity index (χ3v) is 16.0. The number of carbonyl (C=O) groups excluding carboxylic acids is 2. The number of piperazine rings is 1. The van der Waals surface area contributed by atoms with E-state index in [4.69, 9.17) is 32.8 Å². The van der Waals surface area contributed by atoms with E-state index < -0.39 is 26.3 Å². The van der Waals surface area contributed by atoms with Crippen molar-refractivity contribution in [2.75, 3.05) is 49.3 Å². The van der Waals surface area contributed by atoms with Crippen molar-refractivity contribution in [3.63, 3.8) is 0 Å². The molecule has 0 radical (unpaired) electrons. The Balaban J connectivity index is 1.60. The lowest BCUT2D eigenvalue weighted by atomic mass is 9.83. The van der Waals surface area contributed by atoms with Crippen molar-refractivity contribution in [3.05, 3.63) is 100 Å². The Hall–Kier alpha value is -5.46. The lowest BCUT2D eigenvalue weighted by Gasteiger charge is -2.49. The second-order valence-electron chi connectivity index (χ2n) is 14.9. The summed E-state index contributed by atoms with van der Waals surface area (Å²) >= 11 is 0. The Morgan fingerprint density at radius 1 is 0.732 bits per heavy atom. The van der Waals surface area contributed by atoms with E-state index in [1.807, 2.05) is 50.2 Å². The van der Waals surface area contributed by atoms with E-state index in [1.165, 1.54) is 7.11 Å². The van der Waals surface area contributed by atoms with Crippen LogP contribution in [0.2, 0.25) is 5.04 Å². The van der Waals surface area contributed by atoms with Gasteiger partial charge in [0.25, 0.3) is 14.2 Å². The Morgan fingerprint density at radius 3 is 1.77 bits per heavy atom. The third-order valence-electron chi connectivity index (χ3n) is 11.0. The molecule has 11 nitrogen and oxygen atoms in total. The number of fused-ring (bicyclic) bond motifs is 2. The van der Waals surface area contributed by atoms with E-state index in [9.17, 15) is 4.79 Å². The average molecular weight is 781 g/mol. The number of methoxy groups -OCH3 is 6. The van der Waals surface area contributed by atoms with Crippen LogP contribution in [0.3, 0.4) is 0 Å². The van der Waals surface area contributed by atoms with Crippen molar-refractivity contribution < 1.29 is 42.4 Å². The van der Waals surface area contributed by atoms with Gasteiger partial charge in [0.05, 0.1) is 55.3 Å². The minimum atomic E-state index is -3.15. The number of nitrogens with one attached hydrogen (secondary N) is 1. The molecular weight excluding hydrogens is 729 g/mol. The van der Waals surface area contributed by atoms with Crippen LogP contribution in [0.5, 0.6) is 34.5 Å². The van der Waals surface area contributed by atoms with Gasteiger partial charge in [-0.05, 0) is 41.4 Å². The fraction of sp³-hybridized carbons (Fsp3) is 0.364. The average Bonchev–Trinajstić information content (AvgIpc) is 3.19. The fourth-order valence-electron chi connectivity index (χ4n) is 8.66. The summed E-state index contributed by atoms with van der Waals surface area (Å²) in [5, 5.41) is 4.72. The summed E-state index contributed by atoms with van der Waals surface area (Å²) in [6, 6.07) is 20.6. The SMILES string of the molecule is COc1cc(/C=C2\NC(=O)[C@@H]3Cc4c(OC)c(C)c(OC)c(OC)c4[C@@H](CO[Si](c4ccccc4)(c4ccccc4)C(C)(C)C)N3C2=O)c(OC)c(C)c1OC. The van der Waals surface area contributed by atoms with Gasteiger partial charge in [0.2, 0.25) is 5.91 Å². The topological polar surface area (TPSA) is 114 Å². The molecule has 2 atom stereocenters. The van der Waals surface area contributed by atoms with Crippen LogP contribution >= 0.6 is 0 Å². The van der Waals surface area contributed by atoms with Crippen LogP contribution in [0.1, 0.15) is 54.6 Å². The zero-order chi connectivity index (χ0) is 40.5. The zero-order valence-electron chi connectivity index (χ0n) is 34.1. The van der Waals surface area contributed by atoms with Crippen LogP contribution in [0.15, 0.2) is 72.4 Å². The molecule has 1 N–H and O–H groups in total. The number of carbonyl (C=O) groups is 2. The molecule has 1 saturated heterocycles. The van der Waals surface area contributed by atoms with Gasteiger partial charge in [-0.2, -0.15) is 0 Å². The maximum atomic E-state index is 15.1. The molecule has 1 fully saturated rings. The molecule has 0 aliphatic carbocycles. The quantitative estimate of drug-likeness (QED) is 0.139. The number of benzene rings is 4. The van der Waals surface area contributed by atoms with Gasteiger partial charge < -0.3 is 43.1 Å². The second kappa shape index (κ2) is 16.0. The van der Waals surface area contributed by atoms with Gasteiger partial charge in [0, 0.05) is 34.2 Å². The smallest absolute Gasteiger partial charge is 0.271 e. The Kier molecular flexibility index (Phi) is 11.5. The summed E-state index contributed by atoms with van der Waals surface area (Å²) in [6.07, 6.45) is 1.80. The number of hydrogen-bond donors (Lipinski definition) is 1. The summed E-state index contributed by atoms with van der Waals surface area (Å²) in [5.74, 6) is 2.19. The zero-order valence-corrected chi connectivity index (χ0v) is 35.1. The highest BCUT2D eigenvalue weighted by molar-refractivity contribution is 6.99. The molecule has 0 saturated carbocycles. The predicted molar refractivity (Wildman–Crippen MR) is 218 cm³/mol. The molecule has 0 bridgehead atoms. The maximum absolute atomic E-state index is 15.1. The third kappa shape index (κ3) is 6.54. The first-order valence-corrected chi connectivity index (χ1v) is 20.4. The van der Waals surface area contributed by atoms with E-state index in [2.05, 4.69) is 50.4 Å². The van der Waals surface area contributed by atoms with Crippen LogP contribution in [0.4, 0.5) is 0 Å². The fourth-order valence-corrected chi connectivity index (χ4v) is 13.2. The standard InChI is InChI=1S/C44H52N2O9Si/c1-26-37(50-7)28(23-35(49-6)39(26)52-9)22-32-43(48)46-33(42(47)45-32)24-31-36(41(54-11)40(53-10)27(2)38(31)51-8)34(46)25-55-56(44(3,4)5,29-18-14-12-15-19-29)30-20-16-13-17-21-30/h12-23,33-34H,24-25H2,1-11H3,(H,45,47)/b32-22-/t33-,34+/m0/s1. The molecule has 0 spiro atoms. The highest BCUT2D eigenvalue weighted by Crippen LogP contribution is 2.52. The monoisotopic (exact) mass is 780 g/mol. The van der Waals surface area contributed by atoms with E-state index in [0.717, 1.165) is 21.5 Å². The Labute approximate surface area is 330 Å². The van der Waals surface area contributed by atoms with Gasteiger partial charge in [-0.25, -0.2) is 0 Å². The van der Waals surface area contributed by atoms with E-state index >= 15 is 4.79 Å². The molecular formula is C44H52N2O9Si. The summed E-state index contributed by atoms with van der Waals surface area (Å²) < 4.78 is 42.7. The molecule has 4 aromatic rings. The van der Waals surface area contributed by atoms with E-state index in [1.54, 1.807) is 52.6 Å². The highest BCUT2D eigenvalue weighted by Gasteiger charge is 2.53. The van der Waals surface area contributed by atoms with Gasteiger partial charge in [0.15, 0.2) is 23.0 Å². The summed E-state index contributed by atoms with van der Waals surface area (Å²) in [5.41, 5.74) is 3.43. The van der Waals surface area contributed by atoms with Gasteiger partial charge in [-0.3, -0.25) is 9.59 Å². The highest BCUT2D eigenvalue weighted by atomic mass is 28.4. The largest absolute Gasteiger partial charge is 0.496 e. The summed E-state index contributed by atoms with van der Waals surface area (Å²) in [4.78, 5) is 31.2. The van der Waals surface area contributed by atoms with E-state index in [-0.39, 0.29) is 29.7 Å². The normalized spacial score (nSPS) is 17.5.